The van der Waals surface area contributed by atoms with Crippen molar-refractivity contribution in [3.05, 3.63) is 24.3 Å². The van der Waals surface area contributed by atoms with Crippen LogP contribution in [-0.4, -0.2) is 29.7 Å². The first-order chi connectivity index (χ1) is 9.22. The highest BCUT2D eigenvalue weighted by Crippen LogP contribution is 2.22. The first-order valence-electron chi connectivity index (χ1n) is 6.97. The normalized spacial score (nSPS) is 14.1. The maximum absolute atomic E-state index is 12.3. The van der Waals surface area contributed by atoms with Crippen molar-refractivity contribution >= 4 is 10.8 Å². The van der Waals surface area contributed by atoms with Crippen molar-refractivity contribution in [1.82, 2.24) is 5.32 Å². The summed E-state index contributed by atoms with van der Waals surface area (Å²) >= 11 is 0. The highest BCUT2D eigenvalue weighted by Gasteiger charge is 2.11. The highest BCUT2D eigenvalue weighted by molar-refractivity contribution is 7.85. The Morgan fingerprint density at radius 3 is 2.68 bits per heavy atom. The molecule has 2 unspecified atom stereocenters. The van der Waals surface area contributed by atoms with E-state index in [9.17, 15) is 4.21 Å². The molecule has 1 aromatic rings. The molecular weight excluding hydrogens is 258 g/mol. The van der Waals surface area contributed by atoms with Crippen molar-refractivity contribution < 1.29 is 8.95 Å². The summed E-state index contributed by atoms with van der Waals surface area (Å²) in [4.78, 5) is 0.807. The summed E-state index contributed by atoms with van der Waals surface area (Å²) in [5.74, 6) is 1.42. The van der Waals surface area contributed by atoms with E-state index in [4.69, 9.17) is 4.74 Å². The number of benzene rings is 1. The number of para-hydroxylation sites is 1. The maximum atomic E-state index is 12.3. The molecule has 3 nitrogen and oxygen atoms in total. The van der Waals surface area contributed by atoms with Crippen molar-refractivity contribution in [2.75, 3.05) is 19.4 Å². The Morgan fingerprint density at radius 2 is 2.05 bits per heavy atom. The van der Waals surface area contributed by atoms with Gasteiger partial charge >= 0.3 is 0 Å². The minimum atomic E-state index is -0.970. The third-order valence-corrected chi connectivity index (χ3v) is 4.67. The van der Waals surface area contributed by atoms with Gasteiger partial charge in [-0.25, -0.2) is 0 Å². The van der Waals surface area contributed by atoms with E-state index in [0.29, 0.717) is 11.8 Å². The molecule has 0 heterocycles. The molecule has 2 atom stereocenters. The molecule has 0 saturated carbocycles. The quantitative estimate of drug-likeness (QED) is 0.757. The number of nitrogens with one attached hydrogen (secondary N) is 1. The molecule has 0 aliphatic rings. The lowest BCUT2D eigenvalue weighted by atomic mass is 10.1. The van der Waals surface area contributed by atoms with Crippen molar-refractivity contribution in [2.24, 2.45) is 0 Å². The molecule has 0 radical (unpaired) electrons. The van der Waals surface area contributed by atoms with Gasteiger partial charge in [-0.1, -0.05) is 26.0 Å². The molecule has 0 aliphatic heterocycles. The summed E-state index contributed by atoms with van der Waals surface area (Å²) in [6, 6.07) is 8.10. The molecule has 1 aromatic carbocycles. The summed E-state index contributed by atoms with van der Waals surface area (Å²) < 4.78 is 17.5. The predicted octanol–water partition coefficient (Wildman–Crippen LogP) is 2.97. The van der Waals surface area contributed by atoms with Crippen LogP contribution in [0.4, 0.5) is 0 Å². The van der Waals surface area contributed by atoms with E-state index >= 15 is 0 Å². The largest absolute Gasteiger partial charge is 0.495 e. The number of rotatable bonds is 9. The third-order valence-electron chi connectivity index (χ3n) is 3.18. The molecule has 0 spiro atoms. The van der Waals surface area contributed by atoms with E-state index in [2.05, 4.69) is 19.2 Å². The molecule has 19 heavy (non-hydrogen) atoms. The average molecular weight is 283 g/mol. The topological polar surface area (TPSA) is 38.3 Å². The van der Waals surface area contributed by atoms with Crippen LogP contribution in [0.15, 0.2) is 29.2 Å². The van der Waals surface area contributed by atoms with Crippen LogP contribution in [0.2, 0.25) is 0 Å². The van der Waals surface area contributed by atoms with Gasteiger partial charge in [-0.2, -0.15) is 0 Å². The average Bonchev–Trinajstić information content (AvgIpc) is 2.46. The smallest absolute Gasteiger partial charge is 0.134 e. The van der Waals surface area contributed by atoms with E-state index in [0.717, 1.165) is 36.5 Å². The van der Waals surface area contributed by atoms with E-state index in [1.807, 2.05) is 24.3 Å². The first kappa shape index (κ1) is 16.2. The van der Waals surface area contributed by atoms with E-state index in [1.165, 1.54) is 0 Å². The molecule has 0 aromatic heterocycles. The lowest BCUT2D eigenvalue weighted by Crippen LogP contribution is -2.28. The minimum absolute atomic E-state index is 0.541. The standard InChI is InChI=1S/C15H25NO2S/c1-4-13(16-5-2)9-8-12-19(17)15-11-7-6-10-14(15)18-3/h6-7,10-11,13,16H,4-5,8-9,12H2,1-3H3. The third kappa shape index (κ3) is 5.33. The second-order valence-corrected chi connectivity index (χ2v) is 6.04. The number of hydrogen-bond donors (Lipinski definition) is 1. The van der Waals surface area contributed by atoms with E-state index in [-0.39, 0.29) is 0 Å². The zero-order chi connectivity index (χ0) is 14.1. The SMILES string of the molecule is CCNC(CC)CCCS(=O)c1ccccc1OC. The van der Waals surface area contributed by atoms with Gasteiger partial charge in [0.05, 0.1) is 22.8 Å². The second kappa shape index (κ2) is 9.10. The van der Waals surface area contributed by atoms with Crippen LogP contribution in [0.25, 0.3) is 0 Å². The molecular formula is C15H25NO2S. The zero-order valence-corrected chi connectivity index (χ0v) is 13.0. The summed E-state index contributed by atoms with van der Waals surface area (Å²) in [6.07, 6.45) is 3.16. The van der Waals surface area contributed by atoms with Gasteiger partial charge < -0.3 is 10.1 Å². The van der Waals surface area contributed by atoms with Crippen LogP contribution in [0.1, 0.15) is 33.1 Å². The molecule has 108 valence electrons. The van der Waals surface area contributed by atoms with Crippen molar-refractivity contribution in [3.8, 4) is 5.75 Å². The fourth-order valence-corrected chi connectivity index (χ4v) is 3.37. The van der Waals surface area contributed by atoms with Gasteiger partial charge in [-0.05, 0) is 37.9 Å². The Bertz CT molecular complexity index is 395. The van der Waals surface area contributed by atoms with Crippen LogP contribution >= 0.6 is 0 Å². The van der Waals surface area contributed by atoms with Crippen molar-refractivity contribution in [2.45, 2.75) is 44.0 Å². The van der Waals surface area contributed by atoms with Gasteiger partial charge in [-0.15, -0.1) is 0 Å². The second-order valence-electron chi connectivity index (χ2n) is 4.51. The number of methoxy groups -OCH3 is 1. The Labute approximate surface area is 119 Å². The van der Waals surface area contributed by atoms with Gasteiger partial charge in [0.15, 0.2) is 0 Å². The minimum Gasteiger partial charge on any atom is -0.495 e. The molecule has 0 fully saturated rings. The van der Waals surface area contributed by atoms with Gasteiger partial charge in [0.25, 0.3) is 0 Å². The van der Waals surface area contributed by atoms with E-state index in [1.54, 1.807) is 7.11 Å². The summed E-state index contributed by atoms with van der Waals surface area (Å²) in [5, 5.41) is 3.44. The van der Waals surface area contributed by atoms with E-state index < -0.39 is 10.8 Å². The Hall–Kier alpha value is -0.870. The summed E-state index contributed by atoms with van der Waals surface area (Å²) in [5.41, 5.74) is 0. The molecule has 4 heteroatoms. The molecule has 0 aliphatic carbocycles. The van der Waals surface area contributed by atoms with Crippen LogP contribution in [0.5, 0.6) is 5.75 Å². The molecule has 0 amide bonds. The Morgan fingerprint density at radius 1 is 1.32 bits per heavy atom. The lowest BCUT2D eigenvalue weighted by molar-refractivity contribution is 0.404. The van der Waals surface area contributed by atoms with Crippen molar-refractivity contribution in [3.63, 3.8) is 0 Å². The highest BCUT2D eigenvalue weighted by atomic mass is 32.2. The first-order valence-corrected chi connectivity index (χ1v) is 8.29. The molecule has 1 N–H and O–H groups in total. The van der Waals surface area contributed by atoms with Gasteiger partial charge in [0.1, 0.15) is 5.75 Å². The molecule has 1 rings (SSSR count). The Kier molecular flexibility index (Phi) is 7.75. The summed E-state index contributed by atoms with van der Waals surface area (Å²) in [6.45, 7) is 5.30. The monoisotopic (exact) mass is 283 g/mol. The van der Waals surface area contributed by atoms with Gasteiger partial charge in [0, 0.05) is 11.8 Å². The summed E-state index contributed by atoms with van der Waals surface area (Å²) in [7, 11) is 0.649. The predicted molar refractivity (Wildman–Crippen MR) is 81.3 cm³/mol. The van der Waals surface area contributed by atoms with Crippen LogP contribution in [0.3, 0.4) is 0 Å². The molecule has 0 bridgehead atoms. The fraction of sp³-hybridized carbons (Fsp3) is 0.600. The number of hydrogen-bond acceptors (Lipinski definition) is 3. The maximum Gasteiger partial charge on any atom is 0.134 e. The van der Waals surface area contributed by atoms with Crippen LogP contribution in [0, 0.1) is 0 Å². The Balaban J connectivity index is 2.47. The van der Waals surface area contributed by atoms with Crippen molar-refractivity contribution in [1.29, 1.82) is 0 Å². The lowest BCUT2D eigenvalue weighted by Gasteiger charge is -2.15. The van der Waals surface area contributed by atoms with Gasteiger partial charge in [-0.3, -0.25) is 4.21 Å². The van der Waals surface area contributed by atoms with Gasteiger partial charge in [0.2, 0.25) is 0 Å². The molecule has 0 saturated heterocycles. The van der Waals surface area contributed by atoms with Crippen LogP contribution < -0.4 is 10.1 Å². The fourth-order valence-electron chi connectivity index (χ4n) is 2.12. The van der Waals surface area contributed by atoms with Crippen LogP contribution in [-0.2, 0) is 10.8 Å². The number of ether oxygens (including phenoxy) is 1. The zero-order valence-electron chi connectivity index (χ0n) is 12.1.